The molecule has 0 spiro atoms. The van der Waals surface area contributed by atoms with Gasteiger partial charge in [0.25, 0.3) is 0 Å². The molecule has 23 heavy (non-hydrogen) atoms. The van der Waals surface area contributed by atoms with Crippen molar-refractivity contribution in [2.24, 2.45) is 0 Å². The molecule has 0 bridgehead atoms. The molecule has 2 amide bonds. The lowest BCUT2D eigenvalue weighted by Gasteiger charge is -2.33. The summed E-state index contributed by atoms with van der Waals surface area (Å²) in [5.74, 6) is 0. The van der Waals surface area contributed by atoms with Crippen molar-refractivity contribution >= 4 is 29.2 Å². The van der Waals surface area contributed by atoms with Crippen LogP contribution in [0.4, 0.5) is 16.2 Å². The zero-order valence-electron chi connectivity index (χ0n) is 13.6. The highest BCUT2D eigenvalue weighted by molar-refractivity contribution is 8.00. The molecule has 3 nitrogen and oxygen atoms in total. The number of fused-ring (bicyclic) bond motifs is 1. The molecule has 0 saturated heterocycles. The van der Waals surface area contributed by atoms with Crippen molar-refractivity contribution in [3.63, 3.8) is 0 Å². The van der Waals surface area contributed by atoms with Gasteiger partial charge in [-0.1, -0.05) is 38.1 Å². The summed E-state index contributed by atoms with van der Waals surface area (Å²) in [5, 5.41) is 3.47. The Labute approximate surface area is 142 Å². The Morgan fingerprint density at radius 1 is 1.17 bits per heavy atom. The molecule has 4 heteroatoms. The zero-order chi connectivity index (χ0) is 16.2. The number of carbonyl (C=O) groups excluding carboxylic acids is 1. The maximum absolute atomic E-state index is 12.8. The number of hydrogen-bond acceptors (Lipinski definition) is 2. The Morgan fingerprint density at radius 3 is 2.61 bits per heavy atom. The first-order valence-electron chi connectivity index (χ1n) is 8.14. The number of aryl methyl sites for hydroxylation is 1. The van der Waals surface area contributed by atoms with Crippen molar-refractivity contribution < 1.29 is 4.79 Å². The van der Waals surface area contributed by atoms with Crippen LogP contribution in [0, 0.1) is 0 Å². The minimum absolute atomic E-state index is 0.0551. The van der Waals surface area contributed by atoms with Gasteiger partial charge in [-0.15, -0.1) is 11.8 Å². The van der Waals surface area contributed by atoms with E-state index in [1.165, 1.54) is 10.5 Å². The molecule has 1 atom stereocenters. The van der Waals surface area contributed by atoms with Gasteiger partial charge in [0.05, 0.1) is 5.69 Å². The number of urea groups is 1. The first-order chi connectivity index (χ1) is 11.2. The van der Waals surface area contributed by atoms with Crippen molar-refractivity contribution in [2.75, 3.05) is 16.8 Å². The molecule has 0 radical (unpaired) electrons. The van der Waals surface area contributed by atoms with Gasteiger partial charge in [0.2, 0.25) is 0 Å². The fraction of sp³-hybridized carbons (Fsp3) is 0.316. The first kappa shape index (κ1) is 15.9. The van der Waals surface area contributed by atoms with E-state index < -0.39 is 0 Å². The average molecular weight is 326 g/mol. The fourth-order valence-electron chi connectivity index (χ4n) is 2.72. The summed E-state index contributed by atoms with van der Waals surface area (Å²) in [6.45, 7) is 5.04. The smallest absolute Gasteiger partial charge is 0.308 e. The summed E-state index contributed by atoms with van der Waals surface area (Å²) >= 11 is 1.87. The van der Waals surface area contributed by atoms with Crippen LogP contribution in [0.25, 0.3) is 0 Å². The second kappa shape index (κ2) is 7.09. The maximum atomic E-state index is 12.8. The van der Waals surface area contributed by atoms with Gasteiger partial charge in [-0.05, 0) is 42.7 Å². The van der Waals surface area contributed by atoms with Gasteiger partial charge < -0.3 is 5.32 Å². The molecule has 120 valence electrons. The number of benzene rings is 2. The van der Waals surface area contributed by atoms with Gasteiger partial charge in [0, 0.05) is 22.4 Å². The molecule has 2 aromatic rings. The highest BCUT2D eigenvalue weighted by Gasteiger charge is 2.28. The highest BCUT2D eigenvalue weighted by atomic mass is 32.2. The number of rotatable bonds is 3. The molecular formula is C19H22N2OS. The van der Waals surface area contributed by atoms with Crippen molar-refractivity contribution in [3.8, 4) is 0 Å². The fourth-order valence-corrected chi connectivity index (χ4v) is 3.92. The number of amides is 2. The van der Waals surface area contributed by atoms with E-state index in [2.05, 4.69) is 37.4 Å². The highest BCUT2D eigenvalue weighted by Crippen LogP contribution is 2.39. The van der Waals surface area contributed by atoms with E-state index in [1.54, 1.807) is 0 Å². The van der Waals surface area contributed by atoms with Crippen LogP contribution in [0.1, 0.15) is 25.8 Å². The number of hydrogen-bond donors (Lipinski definition) is 1. The molecule has 1 N–H and O–H groups in total. The van der Waals surface area contributed by atoms with Gasteiger partial charge in [-0.2, -0.15) is 0 Å². The number of nitrogens with one attached hydrogen (secondary N) is 1. The number of para-hydroxylation sites is 1. The Hall–Kier alpha value is -1.94. The van der Waals surface area contributed by atoms with Crippen LogP contribution in [0.5, 0.6) is 0 Å². The van der Waals surface area contributed by atoms with Gasteiger partial charge >= 0.3 is 6.03 Å². The number of nitrogens with zero attached hydrogens (tertiary/aromatic N) is 1. The Balaban J connectivity index is 1.80. The predicted octanol–water partition coefficient (Wildman–Crippen LogP) is 5.17. The summed E-state index contributed by atoms with van der Waals surface area (Å²) < 4.78 is 0. The molecule has 1 aliphatic rings. The lowest BCUT2D eigenvalue weighted by atomic mass is 10.1. The first-order valence-corrected chi connectivity index (χ1v) is 9.02. The van der Waals surface area contributed by atoms with E-state index in [4.69, 9.17) is 0 Å². The second-order valence-corrected chi connectivity index (χ2v) is 7.05. The molecule has 0 aliphatic carbocycles. The molecule has 0 aromatic heterocycles. The lowest BCUT2D eigenvalue weighted by Crippen LogP contribution is -2.41. The third-order valence-corrected chi connectivity index (χ3v) is 5.56. The lowest BCUT2D eigenvalue weighted by molar-refractivity contribution is 0.256. The summed E-state index contributed by atoms with van der Waals surface area (Å²) in [5.41, 5.74) is 3.12. The summed E-state index contributed by atoms with van der Waals surface area (Å²) in [7, 11) is 0. The van der Waals surface area contributed by atoms with E-state index in [-0.39, 0.29) is 6.03 Å². The van der Waals surface area contributed by atoms with Crippen LogP contribution in [0.2, 0.25) is 0 Å². The van der Waals surface area contributed by atoms with Crippen LogP contribution in [-0.2, 0) is 6.42 Å². The predicted molar refractivity (Wildman–Crippen MR) is 98.6 cm³/mol. The van der Waals surface area contributed by atoms with Gasteiger partial charge in [-0.25, -0.2) is 4.79 Å². The minimum Gasteiger partial charge on any atom is -0.308 e. The molecule has 0 saturated carbocycles. The number of anilines is 2. The van der Waals surface area contributed by atoms with E-state index in [0.717, 1.165) is 30.8 Å². The molecule has 0 unspecified atom stereocenters. The van der Waals surface area contributed by atoms with Crippen molar-refractivity contribution in [1.82, 2.24) is 0 Å². The standard InChI is InChI=1S/C19H22N2OS/c1-3-14-9-11-15(12-10-14)20-19(22)21-13-16(4-2)23-18-8-6-5-7-17(18)21/h5-12,16H,3-4,13H2,1-2H3,(H,20,22)/t16-/m1/s1. The zero-order valence-corrected chi connectivity index (χ0v) is 14.4. The molecule has 3 rings (SSSR count). The molecule has 0 fully saturated rings. The summed E-state index contributed by atoms with van der Waals surface area (Å²) in [6.07, 6.45) is 2.05. The normalized spacial score (nSPS) is 16.8. The van der Waals surface area contributed by atoms with E-state index in [1.807, 2.05) is 47.0 Å². The van der Waals surface area contributed by atoms with Crippen molar-refractivity contribution in [3.05, 3.63) is 54.1 Å². The largest absolute Gasteiger partial charge is 0.326 e. The van der Waals surface area contributed by atoms with Crippen LogP contribution in [0.3, 0.4) is 0 Å². The molecular weight excluding hydrogens is 304 g/mol. The van der Waals surface area contributed by atoms with E-state index in [9.17, 15) is 4.79 Å². The SMILES string of the molecule is CCc1ccc(NC(=O)N2C[C@@H](CC)Sc3ccccc32)cc1. The average Bonchev–Trinajstić information content (AvgIpc) is 2.61. The Kier molecular flexibility index (Phi) is 4.91. The van der Waals surface area contributed by atoms with Crippen LogP contribution in [-0.4, -0.2) is 17.8 Å². The third-order valence-electron chi connectivity index (χ3n) is 4.15. The molecule has 1 aliphatic heterocycles. The molecule has 2 aromatic carbocycles. The van der Waals surface area contributed by atoms with Crippen LogP contribution >= 0.6 is 11.8 Å². The summed E-state index contributed by atoms with van der Waals surface area (Å²) in [4.78, 5) is 15.8. The topological polar surface area (TPSA) is 32.3 Å². The van der Waals surface area contributed by atoms with E-state index in [0.29, 0.717) is 5.25 Å². The maximum Gasteiger partial charge on any atom is 0.326 e. The second-order valence-electron chi connectivity index (χ2n) is 5.71. The Morgan fingerprint density at radius 2 is 1.91 bits per heavy atom. The third kappa shape index (κ3) is 3.53. The van der Waals surface area contributed by atoms with Crippen LogP contribution < -0.4 is 10.2 Å². The van der Waals surface area contributed by atoms with Gasteiger partial charge in [0.15, 0.2) is 0 Å². The number of thioether (sulfide) groups is 1. The Bertz CT molecular complexity index is 684. The van der Waals surface area contributed by atoms with Crippen molar-refractivity contribution in [1.29, 1.82) is 0 Å². The summed E-state index contributed by atoms with van der Waals surface area (Å²) in [6, 6.07) is 16.1. The van der Waals surface area contributed by atoms with Crippen molar-refractivity contribution in [2.45, 2.75) is 36.8 Å². The molecule has 1 heterocycles. The van der Waals surface area contributed by atoms with Crippen LogP contribution in [0.15, 0.2) is 53.4 Å². The van der Waals surface area contributed by atoms with Gasteiger partial charge in [-0.3, -0.25) is 4.90 Å². The quantitative estimate of drug-likeness (QED) is 0.843. The van der Waals surface area contributed by atoms with Gasteiger partial charge in [0.1, 0.15) is 0 Å². The van der Waals surface area contributed by atoms with E-state index >= 15 is 0 Å². The number of carbonyl (C=O) groups is 1. The minimum atomic E-state index is -0.0551. The monoisotopic (exact) mass is 326 g/mol.